The zero-order chi connectivity index (χ0) is 18.7. The first-order valence-electron chi connectivity index (χ1n) is 8.45. The van der Waals surface area contributed by atoms with E-state index in [4.69, 9.17) is 0 Å². The highest BCUT2D eigenvalue weighted by Gasteiger charge is 2.27. The third-order valence-corrected chi connectivity index (χ3v) is 4.53. The van der Waals surface area contributed by atoms with E-state index in [9.17, 15) is 14.7 Å². The lowest BCUT2D eigenvalue weighted by atomic mass is 9.94. The lowest BCUT2D eigenvalue weighted by Gasteiger charge is -2.22. The van der Waals surface area contributed by atoms with Gasteiger partial charge in [0.2, 0.25) is 5.91 Å². The van der Waals surface area contributed by atoms with Gasteiger partial charge < -0.3 is 10.4 Å². The quantitative estimate of drug-likeness (QED) is 0.715. The number of hydrogen-bond donors (Lipinski definition) is 2. The van der Waals surface area contributed by atoms with Crippen LogP contribution in [0.5, 0.6) is 0 Å². The molecule has 26 heavy (non-hydrogen) atoms. The van der Waals surface area contributed by atoms with Gasteiger partial charge >= 0.3 is 5.97 Å². The van der Waals surface area contributed by atoms with Crippen LogP contribution in [0.2, 0.25) is 0 Å². The molecule has 3 rings (SSSR count). The number of carboxylic acids is 1. The molecule has 2 aromatic carbocycles. The van der Waals surface area contributed by atoms with E-state index >= 15 is 0 Å². The first-order valence-corrected chi connectivity index (χ1v) is 8.45. The monoisotopic (exact) mass is 351 g/mol. The Labute approximate surface area is 151 Å². The minimum absolute atomic E-state index is 0.0943. The van der Waals surface area contributed by atoms with E-state index < -0.39 is 17.9 Å². The number of rotatable bonds is 6. The fraction of sp³-hybridized carbons (Fsp3) is 0.250. The summed E-state index contributed by atoms with van der Waals surface area (Å²) in [5.41, 5.74) is 2.39. The second-order valence-corrected chi connectivity index (χ2v) is 6.35. The smallest absolute Gasteiger partial charge is 0.308 e. The first kappa shape index (κ1) is 17.7. The van der Waals surface area contributed by atoms with E-state index in [2.05, 4.69) is 10.4 Å². The van der Waals surface area contributed by atoms with Gasteiger partial charge in [0.25, 0.3) is 0 Å². The summed E-state index contributed by atoms with van der Waals surface area (Å²) in [6.07, 6.45) is 0.0943. The van der Waals surface area contributed by atoms with Crippen LogP contribution in [0.4, 0.5) is 0 Å². The van der Waals surface area contributed by atoms with Crippen LogP contribution in [0.1, 0.15) is 24.2 Å². The summed E-state index contributed by atoms with van der Waals surface area (Å²) in [7, 11) is 1.84. The highest BCUT2D eigenvalue weighted by molar-refractivity contribution is 5.88. The molecule has 1 aromatic heterocycles. The summed E-state index contributed by atoms with van der Waals surface area (Å²) in [5.74, 6) is -1.96. The normalized spacial score (nSPS) is 13.3. The van der Waals surface area contributed by atoms with Gasteiger partial charge in [0.1, 0.15) is 0 Å². The fourth-order valence-corrected chi connectivity index (χ4v) is 3.10. The van der Waals surface area contributed by atoms with Crippen molar-refractivity contribution in [2.24, 2.45) is 13.0 Å². The number of aryl methyl sites for hydroxylation is 1. The molecule has 1 heterocycles. The summed E-state index contributed by atoms with van der Waals surface area (Å²) in [6.45, 7) is 1.59. The standard InChI is InChI=1S/C20H21N3O3/c1-13(20(25)26)19(14-8-4-3-5-9-14)21-18(24)12-16-15-10-6-7-11-17(15)23(2)22-16/h3-11,13,19H,12H2,1-2H3,(H,21,24)(H,25,26). The van der Waals surface area contributed by atoms with Crippen molar-refractivity contribution in [3.63, 3.8) is 0 Å². The molecule has 0 saturated heterocycles. The van der Waals surface area contributed by atoms with Crippen molar-refractivity contribution in [2.45, 2.75) is 19.4 Å². The molecule has 0 aliphatic heterocycles. The van der Waals surface area contributed by atoms with E-state index in [1.165, 1.54) is 0 Å². The van der Waals surface area contributed by atoms with Gasteiger partial charge in [-0.1, -0.05) is 48.5 Å². The van der Waals surface area contributed by atoms with Crippen LogP contribution in [0.3, 0.4) is 0 Å². The van der Waals surface area contributed by atoms with Crippen molar-refractivity contribution < 1.29 is 14.7 Å². The summed E-state index contributed by atoms with van der Waals surface area (Å²) < 4.78 is 1.74. The van der Waals surface area contributed by atoms with Crippen molar-refractivity contribution in [3.05, 3.63) is 65.9 Å². The maximum Gasteiger partial charge on any atom is 0.308 e. The number of carbonyl (C=O) groups is 2. The fourth-order valence-electron chi connectivity index (χ4n) is 3.10. The van der Waals surface area contributed by atoms with Crippen molar-refractivity contribution in [1.29, 1.82) is 0 Å². The molecule has 0 aliphatic rings. The van der Waals surface area contributed by atoms with Crippen molar-refractivity contribution in [2.75, 3.05) is 0 Å². The topological polar surface area (TPSA) is 84.2 Å². The van der Waals surface area contributed by atoms with Gasteiger partial charge in [0.15, 0.2) is 0 Å². The van der Waals surface area contributed by atoms with Crippen LogP contribution in [0.25, 0.3) is 10.9 Å². The minimum Gasteiger partial charge on any atom is -0.481 e. The molecule has 1 amide bonds. The Balaban J connectivity index is 1.82. The Morgan fingerprint density at radius 3 is 2.46 bits per heavy atom. The third kappa shape index (κ3) is 3.59. The summed E-state index contributed by atoms with van der Waals surface area (Å²) in [5, 5.41) is 17.6. The summed E-state index contributed by atoms with van der Waals surface area (Å²) in [4.78, 5) is 24.1. The summed E-state index contributed by atoms with van der Waals surface area (Å²) >= 11 is 0. The molecule has 3 aromatic rings. The molecule has 0 aliphatic carbocycles. The third-order valence-electron chi connectivity index (χ3n) is 4.53. The van der Waals surface area contributed by atoms with Gasteiger partial charge in [0, 0.05) is 12.4 Å². The van der Waals surface area contributed by atoms with Crippen molar-refractivity contribution >= 4 is 22.8 Å². The molecule has 0 spiro atoms. The highest BCUT2D eigenvalue weighted by atomic mass is 16.4. The highest BCUT2D eigenvalue weighted by Crippen LogP contribution is 2.23. The lowest BCUT2D eigenvalue weighted by Crippen LogP contribution is -2.36. The number of carboxylic acid groups (broad SMARTS) is 1. The molecule has 0 fully saturated rings. The predicted octanol–water partition coefficient (Wildman–Crippen LogP) is 2.69. The molecular formula is C20H21N3O3. The number of hydrogen-bond acceptors (Lipinski definition) is 3. The largest absolute Gasteiger partial charge is 0.481 e. The average Bonchev–Trinajstić information content (AvgIpc) is 2.96. The molecule has 6 nitrogen and oxygen atoms in total. The van der Waals surface area contributed by atoms with Crippen LogP contribution in [0, 0.1) is 5.92 Å². The number of para-hydroxylation sites is 1. The molecule has 2 unspecified atom stereocenters. The number of aliphatic carboxylic acids is 1. The number of amides is 1. The number of fused-ring (bicyclic) bond motifs is 1. The second kappa shape index (κ2) is 7.39. The van der Waals surface area contributed by atoms with Crippen LogP contribution in [0.15, 0.2) is 54.6 Å². The minimum atomic E-state index is -0.956. The number of carbonyl (C=O) groups excluding carboxylic acids is 1. The zero-order valence-electron chi connectivity index (χ0n) is 14.7. The van der Waals surface area contributed by atoms with Gasteiger partial charge in [0.05, 0.1) is 29.6 Å². The maximum atomic E-state index is 12.6. The Morgan fingerprint density at radius 2 is 1.77 bits per heavy atom. The maximum absolute atomic E-state index is 12.6. The average molecular weight is 351 g/mol. The Morgan fingerprint density at radius 1 is 1.12 bits per heavy atom. The van der Waals surface area contributed by atoms with Crippen LogP contribution in [-0.2, 0) is 23.1 Å². The first-order chi connectivity index (χ1) is 12.5. The lowest BCUT2D eigenvalue weighted by molar-refractivity contribution is -0.142. The number of nitrogens with zero attached hydrogens (tertiary/aromatic N) is 2. The van der Waals surface area contributed by atoms with Gasteiger partial charge in [-0.25, -0.2) is 0 Å². The van der Waals surface area contributed by atoms with E-state index in [1.54, 1.807) is 11.6 Å². The predicted molar refractivity (Wildman–Crippen MR) is 98.5 cm³/mol. The van der Waals surface area contributed by atoms with Crippen LogP contribution < -0.4 is 5.32 Å². The zero-order valence-corrected chi connectivity index (χ0v) is 14.7. The molecule has 134 valence electrons. The van der Waals surface area contributed by atoms with E-state index in [0.29, 0.717) is 5.69 Å². The van der Waals surface area contributed by atoms with E-state index in [1.807, 2.05) is 61.6 Å². The van der Waals surface area contributed by atoms with Gasteiger partial charge in [-0.2, -0.15) is 5.10 Å². The SMILES string of the molecule is CC(C(=O)O)C(NC(=O)Cc1nn(C)c2ccccc12)c1ccccc1. The molecule has 6 heteroatoms. The molecule has 0 bridgehead atoms. The Hall–Kier alpha value is -3.15. The van der Waals surface area contributed by atoms with Gasteiger partial charge in [-0.05, 0) is 18.6 Å². The molecule has 0 saturated carbocycles. The molecule has 0 radical (unpaired) electrons. The molecule has 2 atom stereocenters. The Bertz CT molecular complexity index is 934. The second-order valence-electron chi connectivity index (χ2n) is 6.35. The van der Waals surface area contributed by atoms with Crippen molar-refractivity contribution in [3.8, 4) is 0 Å². The Kier molecular flexibility index (Phi) is 5.02. The number of benzene rings is 2. The molecule has 2 N–H and O–H groups in total. The van der Waals surface area contributed by atoms with Crippen molar-refractivity contribution in [1.82, 2.24) is 15.1 Å². The van der Waals surface area contributed by atoms with E-state index in [0.717, 1.165) is 16.5 Å². The summed E-state index contributed by atoms with van der Waals surface area (Å²) in [6, 6.07) is 16.3. The van der Waals surface area contributed by atoms with E-state index in [-0.39, 0.29) is 12.3 Å². The van der Waals surface area contributed by atoms with Crippen LogP contribution in [-0.4, -0.2) is 26.8 Å². The van der Waals surface area contributed by atoms with Gasteiger partial charge in [-0.3, -0.25) is 14.3 Å². The number of nitrogens with one attached hydrogen (secondary N) is 1. The molecular weight excluding hydrogens is 330 g/mol. The van der Waals surface area contributed by atoms with Gasteiger partial charge in [-0.15, -0.1) is 0 Å². The van der Waals surface area contributed by atoms with Crippen LogP contribution >= 0.6 is 0 Å². The number of aromatic nitrogens is 2.